The number of hydrogen-bond donors (Lipinski definition) is 1. The lowest BCUT2D eigenvalue weighted by Gasteiger charge is -2.31. The fraction of sp³-hybridized carbons (Fsp3) is 0.312. The van der Waals surface area contributed by atoms with Crippen LogP contribution in [0.2, 0.25) is 5.02 Å². The van der Waals surface area contributed by atoms with E-state index in [1.54, 1.807) is 0 Å². The highest BCUT2D eigenvalue weighted by atomic mass is 35.5. The lowest BCUT2D eigenvalue weighted by molar-refractivity contribution is 0.119. The summed E-state index contributed by atoms with van der Waals surface area (Å²) in [6, 6.07) is 4.42. The summed E-state index contributed by atoms with van der Waals surface area (Å²) in [4.78, 5) is 21.8. The summed E-state index contributed by atoms with van der Waals surface area (Å²) in [7, 11) is -3.75. The molecule has 0 amide bonds. The van der Waals surface area contributed by atoms with Gasteiger partial charge in [-0.1, -0.05) is 11.6 Å². The topological polar surface area (TPSA) is 118 Å². The molecule has 1 aromatic carbocycles. The van der Waals surface area contributed by atoms with Gasteiger partial charge in [0.2, 0.25) is 10.0 Å². The van der Waals surface area contributed by atoms with Crippen LogP contribution in [0, 0.1) is 0 Å². The molecular formula is C16H15ClN4O5S. The van der Waals surface area contributed by atoms with Crippen molar-refractivity contribution in [1.82, 2.24) is 19.3 Å². The van der Waals surface area contributed by atoms with Crippen LogP contribution in [0.5, 0.6) is 6.01 Å². The number of oxazole rings is 1. The molecule has 1 aliphatic rings. The van der Waals surface area contributed by atoms with Crippen LogP contribution in [0.4, 0.5) is 0 Å². The maximum Gasteiger partial charge on any atom is 0.417 e. The number of fused-ring (bicyclic) bond motifs is 1. The number of halogens is 1. The fourth-order valence-corrected chi connectivity index (χ4v) is 4.61. The van der Waals surface area contributed by atoms with Crippen molar-refractivity contribution in [3.8, 4) is 6.01 Å². The number of aromatic nitrogens is 3. The SMILES string of the molecule is O=c1[nH]c2cc(S(=O)(=O)N3CCCC(Oc4ncc(Cl)cn4)C3)ccc2o1. The molecule has 0 saturated carbocycles. The van der Waals surface area contributed by atoms with Gasteiger partial charge in [0.05, 0.1) is 34.4 Å². The second-order valence-electron chi connectivity index (χ2n) is 6.10. The molecule has 4 rings (SSSR count). The predicted molar refractivity (Wildman–Crippen MR) is 96.3 cm³/mol. The molecule has 0 radical (unpaired) electrons. The van der Waals surface area contributed by atoms with Gasteiger partial charge in [0.25, 0.3) is 0 Å². The minimum absolute atomic E-state index is 0.0791. The highest BCUT2D eigenvalue weighted by Gasteiger charge is 2.32. The molecule has 1 atom stereocenters. The zero-order valence-electron chi connectivity index (χ0n) is 14.0. The Bertz CT molecular complexity index is 1130. The Balaban J connectivity index is 1.55. The van der Waals surface area contributed by atoms with Crippen LogP contribution in [-0.2, 0) is 10.0 Å². The van der Waals surface area contributed by atoms with E-state index < -0.39 is 15.8 Å². The number of aromatic amines is 1. The van der Waals surface area contributed by atoms with Crippen LogP contribution in [0.15, 0.2) is 44.7 Å². The minimum Gasteiger partial charge on any atom is -0.459 e. The largest absolute Gasteiger partial charge is 0.459 e. The number of H-pyrrole nitrogens is 1. The van der Waals surface area contributed by atoms with Gasteiger partial charge in [-0.15, -0.1) is 0 Å². The molecule has 142 valence electrons. The highest BCUT2D eigenvalue weighted by Crippen LogP contribution is 2.24. The summed E-state index contributed by atoms with van der Waals surface area (Å²) in [6.45, 7) is 0.553. The van der Waals surface area contributed by atoms with E-state index in [2.05, 4.69) is 15.0 Å². The van der Waals surface area contributed by atoms with Crippen LogP contribution < -0.4 is 10.5 Å². The molecule has 3 heterocycles. The van der Waals surface area contributed by atoms with Gasteiger partial charge in [-0.2, -0.15) is 4.31 Å². The number of nitrogens with zero attached hydrogens (tertiary/aromatic N) is 3. The fourth-order valence-electron chi connectivity index (χ4n) is 2.97. The summed E-state index contributed by atoms with van der Waals surface area (Å²) in [5.41, 5.74) is 0.638. The molecule has 11 heteroatoms. The van der Waals surface area contributed by atoms with Gasteiger partial charge in [0.15, 0.2) is 5.58 Å². The summed E-state index contributed by atoms with van der Waals surface area (Å²) >= 11 is 5.75. The number of benzene rings is 1. The van der Waals surface area contributed by atoms with E-state index >= 15 is 0 Å². The molecule has 0 spiro atoms. The number of hydrogen-bond acceptors (Lipinski definition) is 7. The Labute approximate surface area is 159 Å². The maximum atomic E-state index is 13.0. The second-order valence-corrected chi connectivity index (χ2v) is 8.48. The van der Waals surface area contributed by atoms with E-state index in [9.17, 15) is 13.2 Å². The molecule has 2 aromatic heterocycles. The van der Waals surface area contributed by atoms with Crippen molar-refractivity contribution < 1.29 is 17.6 Å². The van der Waals surface area contributed by atoms with Crippen LogP contribution in [0.3, 0.4) is 0 Å². The molecule has 0 bridgehead atoms. The van der Waals surface area contributed by atoms with E-state index in [0.29, 0.717) is 35.5 Å². The average molecular weight is 411 g/mol. The minimum atomic E-state index is -3.75. The molecule has 1 fully saturated rings. The first-order valence-electron chi connectivity index (χ1n) is 8.19. The summed E-state index contributed by atoms with van der Waals surface area (Å²) in [6.07, 6.45) is 3.80. The Hall–Kier alpha value is -2.43. The van der Waals surface area contributed by atoms with Gasteiger partial charge < -0.3 is 9.15 Å². The Kier molecular flexibility index (Phi) is 4.62. The maximum absolute atomic E-state index is 13.0. The van der Waals surface area contributed by atoms with E-state index in [1.807, 2.05) is 0 Å². The highest BCUT2D eigenvalue weighted by molar-refractivity contribution is 7.89. The monoisotopic (exact) mass is 410 g/mol. The van der Waals surface area contributed by atoms with Crippen molar-refractivity contribution in [3.63, 3.8) is 0 Å². The van der Waals surface area contributed by atoms with E-state index in [4.69, 9.17) is 20.8 Å². The second kappa shape index (κ2) is 6.95. The Morgan fingerprint density at radius 2 is 2.07 bits per heavy atom. The van der Waals surface area contributed by atoms with Crippen molar-refractivity contribution in [2.45, 2.75) is 23.8 Å². The lowest BCUT2D eigenvalue weighted by Crippen LogP contribution is -2.44. The quantitative estimate of drug-likeness (QED) is 0.696. The van der Waals surface area contributed by atoms with Gasteiger partial charge >= 0.3 is 11.8 Å². The Morgan fingerprint density at radius 1 is 1.30 bits per heavy atom. The first-order valence-corrected chi connectivity index (χ1v) is 10.0. The molecule has 1 saturated heterocycles. The van der Waals surface area contributed by atoms with E-state index in [1.165, 1.54) is 34.9 Å². The van der Waals surface area contributed by atoms with Crippen LogP contribution in [0.1, 0.15) is 12.8 Å². The normalized spacial score (nSPS) is 18.6. The van der Waals surface area contributed by atoms with Crippen LogP contribution >= 0.6 is 11.6 Å². The number of rotatable bonds is 4. The van der Waals surface area contributed by atoms with Crippen molar-refractivity contribution in [2.75, 3.05) is 13.1 Å². The van der Waals surface area contributed by atoms with Crippen LogP contribution in [-0.4, -0.2) is 46.9 Å². The van der Waals surface area contributed by atoms with Gasteiger partial charge in [-0.3, -0.25) is 4.98 Å². The standard InChI is InChI=1S/C16H15ClN4O5S/c17-10-7-18-15(19-8-10)25-11-2-1-5-21(9-11)27(23,24)12-3-4-14-13(6-12)20-16(22)26-14/h3-4,6-8,11H,1-2,5,9H2,(H,20,22). The number of piperidine rings is 1. The third kappa shape index (κ3) is 3.68. The molecule has 9 nitrogen and oxygen atoms in total. The van der Waals surface area contributed by atoms with Crippen molar-refractivity contribution in [2.24, 2.45) is 0 Å². The Morgan fingerprint density at radius 3 is 2.85 bits per heavy atom. The third-order valence-corrected chi connectivity index (χ3v) is 6.29. The molecule has 0 aliphatic carbocycles. The molecule has 1 aliphatic heterocycles. The molecule has 1 N–H and O–H groups in total. The van der Waals surface area contributed by atoms with Gasteiger partial charge in [-0.05, 0) is 31.0 Å². The summed E-state index contributed by atoms with van der Waals surface area (Å²) in [5.74, 6) is -0.631. The molecule has 3 aromatic rings. The zero-order valence-corrected chi connectivity index (χ0v) is 15.5. The van der Waals surface area contributed by atoms with E-state index in [0.717, 1.165) is 0 Å². The molecule has 1 unspecified atom stereocenters. The van der Waals surface area contributed by atoms with Crippen molar-refractivity contribution in [3.05, 3.63) is 46.2 Å². The summed E-state index contributed by atoms with van der Waals surface area (Å²) < 4.78 is 37.9. The zero-order chi connectivity index (χ0) is 19.0. The van der Waals surface area contributed by atoms with Crippen LogP contribution in [0.25, 0.3) is 11.1 Å². The number of nitrogens with one attached hydrogen (secondary N) is 1. The van der Waals surface area contributed by atoms with Crippen molar-refractivity contribution in [1.29, 1.82) is 0 Å². The smallest absolute Gasteiger partial charge is 0.417 e. The average Bonchev–Trinajstić information content (AvgIpc) is 3.03. The third-order valence-electron chi connectivity index (χ3n) is 4.24. The first kappa shape index (κ1) is 18.0. The predicted octanol–water partition coefficient (Wildman–Crippen LogP) is 1.80. The van der Waals surface area contributed by atoms with Crippen molar-refractivity contribution >= 4 is 32.7 Å². The molecule has 27 heavy (non-hydrogen) atoms. The van der Waals surface area contributed by atoms with Gasteiger partial charge in [-0.25, -0.2) is 23.2 Å². The van der Waals surface area contributed by atoms with Gasteiger partial charge in [0, 0.05) is 6.54 Å². The first-order chi connectivity index (χ1) is 12.9. The lowest BCUT2D eigenvalue weighted by atomic mass is 10.1. The number of sulfonamides is 1. The van der Waals surface area contributed by atoms with E-state index in [-0.39, 0.29) is 23.6 Å². The molecular weight excluding hydrogens is 396 g/mol. The number of ether oxygens (including phenoxy) is 1. The summed E-state index contributed by atoms with van der Waals surface area (Å²) in [5, 5.41) is 0.392. The van der Waals surface area contributed by atoms with Gasteiger partial charge in [0.1, 0.15) is 6.10 Å².